The molecule has 110 valence electrons. The molecule has 0 radical (unpaired) electrons. The largest absolute Gasteiger partial charge is 0.342 e. The van der Waals surface area contributed by atoms with Gasteiger partial charge in [-0.15, -0.1) is 0 Å². The maximum absolute atomic E-state index is 12.5. The monoisotopic (exact) mass is 267 g/mol. The van der Waals surface area contributed by atoms with Gasteiger partial charge in [0.2, 0.25) is 5.91 Å². The van der Waals surface area contributed by atoms with Crippen LogP contribution < -0.4 is 5.32 Å². The number of likely N-dealkylation sites (N-methyl/N-ethyl adjacent to an activating group) is 1. The predicted molar refractivity (Wildman–Crippen MR) is 78.1 cm³/mol. The topological polar surface area (TPSA) is 35.6 Å². The van der Waals surface area contributed by atoms with Crippen molar-refractivity contribution in [1.82, 2.24) is 15.1 Å². The Balaban J connectivity index is 1.75. The summed E-state index contributed by atoms with van der Waals surface area (Å²) in [7, 11) is 2.00. The standard InChI is InChI=1S/C15H29N3O/c1-16-8-13-17-11-6-14(7-12-17)15(19)18-9-4-2-3-5-10-18/h14,16H,2-13H2,1H3. The van der Waals surface area contributed by atoms with E-state index in [2.05, 4.69) is 15.1 Å². The summed E-state index contributed by atoms with van der Waals surface area (Å²) in [5, 5.41) is 3.19. The smallest absolute Gasteiger partial charge is 0.225 e. The molecule has 0 aliphatic carbocycles. The van der Waals surface area contributed by atoms with Gasteiger partial charge in [-0.05, 0) is 45.8 Å². The third kappa shape index (κ3) is 4.46. The summed E-state index contributed by atoms with van der Waals surface area (Å²) in [4.78, 5) is 17.1. The molecule has 2 aliphatic rings. The van der Waals surface area contributed by atoms with Crippen molar-refractivity contribution in [2.24, 2.45) is 5.92 Å². The maximum Gasteiger partial charge on any atom is 0.225 e. The number of rotatable bonds is 4. The molecular formula is C15H29N3O. The Kier molecular flexibility index (Phi) is 6.11. The quantitative estimate of drug-likeness (QED) is 0.834. The van der Waals surface area contributed by atoms with Crippen LogP contribution in [-0.4, -0.2) is 62.0 Å². The molecule has 0 aromatic heterocycles. The summed E-state index contributed by atoms with van der Waals surface area (Å²) >= 11 is 0. The van der Waals surface area contributed by atoms with Crippen molar-refractivity contribution in [3.63, 3.8) is 0 Å². The lowest BCUT2D eigenvalue weighted by atomic mass is 9.95. The van der Waals surface area contributed by atoms with Gasteiger partial charge in [-0.3, -0.25) is 4.79 Å². The van der Waals surface area contributed by atoms with Crippen molar-refractivity contribution >= 4 is 5.91 Å². The lowest BCUT2D eigenvalue weighted by Crippen LogP contribution is -2.44. The first-order valence-corrected chi connectivity index (χ1v) is 7.97. The van der Waals surface area contributed by atoms with Crippen molar-refractivity contribution in [3.8, 4) is 0 Å². The number of carbonyl (C=O) groups is 1. The number of hydrogen-bond donors (Lipinski definition) is 1. The van der Waals surface area contributed by atoms with Crippen LogP contribution in [0.25, 0.3) is 0 Å². The second-order valence-corrected chi connectivity index (χ2v) is 5.96. The first-order valence-electron chi connectivity index (χ1n) is 7.97. The number of nitrogens with one attached hydrogen (secondary N) is 1. The molecule has 0 aromatic carbocycles. The van der Waals surface area contributed by atoms with E-state index in [1.165, 1.54) is 25.7 Å². The van der Waals surface area contributed by atoms with E-state index in [-0.39, 0.29) is 0 Å². The average Bonchev–Trinajstić information content (AvgIpc) is 2.74. The Bertz CT molecular complexity index is 267. The van der Waals surface area contributed by atoms with Crippen LogP contribution >= 0.6 is 0 Å². The van der Waals surface area contributed by atoms with Crippen LogP contribution in [0, 0.1) is 5.92 Å². The van der Waals surface area contributed by atoms with Crippen LogP contribution in [0.4, 0.5) is 0 Å². The Labute approximate surface area is 117 Å². The van der Waals surface area contributed by atoms with Gasteiger partial charge >= 0.3 is 0 Å². The summed E-state index contributed by atoms with van der Waals surface area (Å²) in [6.07, 6.45) is 7.11. The van der Waals surface area contributed by atoms with Crippen LogP contribution in [0.2, 0.25) is 0 Å². The molecule has 2 rings (SSSR count). The summed E-state index contributed by atoms with van der Waals surface area (Å²) in [6, 6.07) is 0. The Morgan fingerprint density at radius 3 is 2.26 bits per heavy atom. The minimum atomic E-state index is 0.295. The summed E-state index contributed by atoms with van der Waals surface area (Å²) < 4.78 is 0. The average molecular weight is 267 g/mol. The van der Waals surface area contributed by atoms with Gasteiger partial charge < -0.3 is 15.1 Å². The van der Waals surface area contributed by atoms with Crippen LogP contribution in [0.15, 0.2) is 0 Å². The van der Waals surface area contributed by atoms with E-state index in [0.717, 1.165) is 52.1 Å². The zero-order valence-corrected chi connectivity index (χ0v) is 12.4. The highest BCUT2D eigenvalue weighted by Gasteiger charge is 2.28. The molecule has 2 saturated heterocycles. The highest BCUT2D eigenvalue weighted by Crippen LogP contribution is 2.21. The van der Waals surface area contributed by atoms with Gasteiger partial charge in [0.05, 0.1) is 0 Å². The van der Waals surface area contributed by atoms with Gasteiger partial charge in [0, 0.05) is 32.1 Å². The number of nitrogens with zero attached hydrogens (tertiary/aromatic N) is 2. The van der Waals surface area contributed by atoms with E-state index < -0.39 is 0 Å². The second kappa shape index (κ2) is 7.85. The van der Waals surface area contributed by atoms with Gasteiger partial charge in [0.25, 0.3) is 0 Å². The van der Waals surface area contributed by atoms with Gasteiger partial charge in [0.1, 0.15) is 0 Å². The van der Waals surface area contributed by atoms with Crippen LogP contribution in [0.5, 0.6) is 0 Å². The van der Waals surface area contributed by atoms with Crippen molar-refractivity contribution in [2.75, 3.05) is 46.3 Å². The highest BCUT2D eigenvalue weighted by atomic mass is 16.2. The summed E-state index contributed by atoms with van der Waals surface area (Å²) in [6.45, 7) is 6.33. The first kappa shape index (κ1) is 14.8. The minimum Gasteiger partial charge on any atom is -0.342 e. The minimum absolute atomic E-state index is 0.295. The Hall–Kier alpha value is -0.610. The molecular weight excluding hydrogens is 238 g/mol. The second-order valence-electron chi connectivity index (χ2n) is 5.96. The molecule has 4 heteroatoms. The molecule has 2 aliphatic heterocycles. The van der Waals surface area contributed by atoms with E-state index in [1.807, 2.05) is 7.05 Å². The fourth-order valence-electron chi connectivity index (χ4n) is 3.22. The number of carbonyl (C=O) groups excluding carboxylic acids is 1. The van der Waals surface area contributed by atoms with Crippen LogP contribution in [0.3, 0.4) is 0 Å². The van der Waals surface area contributed by atoms with Gasteiger partial charge in [-0.1, -0.05) is 12.8 Å². The molecule has 2 heterocycles. The van der Waals surface area contributed by atoms with Crippen molar-refractivity contribution < 1.29 is 4.79 Å². The molecule has 4 nitrogen and oxygen atoms in total. The van der Waals surface area contributed by atoms with E-state index in [9.17, 15) is 4.79 Å². The number of likely N-dealkylation sites (tertiary alicyclic amines) is 2. The van der Waals surface area contributed by atoms with Gasteiger partial charge in [-0.25, -0.2) is 0 Å². The number of piperidine rings is 1. The lowest BCUT2D eigenvalue weighted by Gasteiger charge is -2.34. The first-order chi connectivity index (χ1) is 9.31. The fourth-order valence-corrected chi connectivity index (χ4v) is 3.22. The lowest BCUT2D eigenvalue weighted by molar-refractivity contribution is -0.137. The molecule has 0 aromatic rings. The van der Waals surface area contributed by atoms with E-state index in [0.29, 0.717) is 11.8 Å². The van der Waals surface area contributed by atoms with Crippen molar-refractivity contribution in [1.29, 1.82) is 0 Å². The highest BCUT2D eigenvalue weighted by molar-refractivity contribution is 5.79. The maximum atomic E-state index is 12.5. The zero-order valence-electron chi connectivity index (χ0n) is 12.4. The van der Waals surface area contributed by atoms with Gasteiger partial charge in [0.15, 0.2) is 0 Å². The summed E-state index contributed by atoms with van der Waals surface area (Å²) in [5.41, 5.74) is 0. The number of hydrogen-bond acceptors (Lipinski definition) is 3. The molecule has 0 spiro atoms. The third-order valence-electron chi connectivity index (χ3n) is 4.53. The number of amides is 1. The van der Waals surface area contributed by atoms with Gasteiger partial charge in [-0.2, -0.15) is 0 Å². The fraction of sp³-hybridized carbons (Fsp3) is 0.933. The normalized spacial score (nSPS) is 23.3. The molecule has 0 unspecified atom stereocenters. The van der Waals surface area contributed by atoms with E-state index in [4.69, 9.17) is 0 Å². The molecule has 1 N–H and O–H groups in total. The van der Waals surface area contributed by atoms with E-state index in [1.54, 1.807) is 0 Å². The third-order valence-corrected chi connectivity index (χ3v) is 4.53. The molecule has 1 amide bonds. The van der Waals surface area contributed by atoms with E-state index >= 15 is 0 Å². The van der Waals surface area contributed by atoms with Crippen LogP contribution in [0.1, 0.15) is 38.5 Å². The summed E-state index contributed by atoms with van der Waals surface area (Å²) in [5.74, 6) is 0.735. The Morgan fingerprint density at radius 2 is 1.68 bits per heavy atom. The molecule has 2 fully saturated rings. The molecule has 0 bridgehead atoms. The zero-order chi connectivity index (χ0) is 13.5. The Morgan fingerprint density at radius 1 is 1.05 bits per heavy atom. The van der Waals surface area contributed by atoms with Crippen LogP contribution in [-0.2, 0) is 4.79 Å². The molecule has 0 atom stereocenters. The molecule has 0 saturated carbocycles. The predicted octanol–water partition coefficient (Wildman–Crippen LogP) is 1.32. The molecule has 19 heavy (non-hydrogen) atoms. The van der Waals surface area contributed by atoms with Crippen molar-refractivity contribution in [2.45, 2.75) is 38.5 Å². The van der Waals surface area contributed by atoms with Crippen molar-refractivity contribution in [3.05, 3.63) is 0 Å². The SMILES string of the molecule is CNCCN1CCC(C(=O)N2CCCCCC2)CC1.